The molecule has 3 rings (SSSR count). The molecule has 0 saturated heterocycles. The van der Waals surface area contributed by atoms with Crippen molar-refractivity contribution in [2.75, 3.05) is 5.32 Å². The molecule has 0 atom stereocenters. The summed E-state index contributed by atoms with van der Waals surface area (Å²) >= 11 is 5.92. The van der Waals surface area contributed by atoms with Crippen molar-refractivity contribution < 1.29 is 9.59 Å². The minimum absolute atomic E-state index is 0.186. The van der Waals surface area contributed by atoms with E-state index in [2.05, 4.69) is 10.6 Å². The number of carbonyl (C=O) groups excluding carboxylic acids is 2. The second-order valence-corrected chi connectivity index (χ2v) is 6.42. The number of halogens is 1. The molecular weight excluding hydrogens is 374 g/mol. The zero-order chi connectivity index (χ0) is 19.9. The third-order valence-corrected chi connectivity index (χ3v) is 4.33. The van der Waals surface area contributed by atoms with E-state index in [4.69, 9.17) is 16.9 Å². The van der Waals surface area contributed by atoms with Crippen LogP contribution in [-0.2, 0) is 9.59 Å². The standard InChI is InChI=1S/C22H16ClN3O2/c23-18-12-11-17(14-24)19(13-18)25-21(27)22(28)26-20(15-7-3-1-4-8-15)16-9-5-2-6-10-16/h1-13,20H,(H,25,27)(H,26,28). The number of rotatable bonds is 4. The molecule has 0 aliphatic carbocycles. The highest BCUT2D eigenvalue weighted by Gasteiger charge is 2.22. The van der Waals surface area contributed by atoms with Crippen molar-refractivity contribution >= 4 is 29.1 Å². The lowest BCUT2D eigenvalue weighted by Crippen LogP contribution is -2.38. The number of nitrogens with one attached hydrogen (secondary N) is 2. The van der Waals surface area contributed by atoms with Crippen LogP contribution in [0.5, 0.6) is 0 Å². The van der Waals surface area contributed by atoms with Crippen LogP contribution in [0.2, 0.25) is 5.02 Å². The summed E-state index contributed by atoms with van der Waals surface area (Å²) in [6.45, 7) is 0. The quantitative estimate of drug-likeness (QED) is 0.660. The van der Waals surface area contributed by atoms with Crippen LogP contribution >= 0.6 is 11.6 Å². The average Bonchev–Trinajstić information content (AvgIpc) is 2.73. The molecule has 0 radical (unpaired) electrons. The summed E-state index contributed by atoms with van der Waals surface area (Å²) in [5.74, 6) is -1.70. The predicted octanol–water partition coefficient (Wildman–Crippen LogP) is 4.06. The lowest BCUT2D eigenvalue weighted by Gasteiger charge is -2.19. The Morgan fingerprint density at radius 2 is 1.43 bits per heavy atom. The molecule has 0 fully saturated rings. The minimum Gasteiger partial charge on any atom is -0.337 e. The van der Waals surface area contributed by atoms with Crippen molar-refractivity contribution in [1.29, 1.82) is 5.26 Å². The Kier molecular flexibility index (Phi) is 6.05. The Morgan fingerprint density at radius 1 is 0.857 bits per heavy atom. The highest BCUT2D eigenvalue weighted by atomic mass is 35.5. The topological polar surface area (TPSA) is 82.0 Å². The largest absolute Gasteiger partial charge is 0.337 e. The Labute approximate surface area is 167 Å². The molecule has 3 aromatic carbocycles. The van der Waals surface area contributed by atoms with E-state index in [-0.39, 0.29) is 11.3 Å². The molecule has 0 bridgehead atoms. The summed E-state index contributed by atoms with van der Waals surface area (Å²) in [6.07, 6.45) is 0. The average molecular weight is 390 g/mol. The molecule has 0 spiro atoms. The SMILES string of the molecule is N#Cc1ccc(Cl)cc1NC(=O)C(=O)NC(c1ccccc1)c1ccccc1. The Morgan fingerprint density at radius 3 is 1.96 bits per heavy atom. The molecule has 5 nitrogen and oxygen atoms in total. The van der Waals surface area contributed by atoms with Crippen LogP contribution in [0, 0.1) is 11.3 Å². The van der Waals surface area contributed by atoms with Gasteiger partial charge in [-0.25, -0.2) is 0 Å². The number of hydrogen-bond acceptors (Lipinski definition) is 3. The lowest BCUT2D eigenvalue weighted by molar-refractivity contribution is -0.136. The van der Waals surface area contributed by atoms with Crippen molar-refractivity contribution in [3.05, 3.63) is 101 Å². The van der Waals surface area contributed by atoms with Gasteiger partial charge in [-0.15, -0.1) is 0 Å². The van der Waals surface area contributed by atoms with Crippen LogP contribution in [0.25, 0.3) is 0 Å². The van der Waals surface area contributed by atoms with E-state index in [1.165, 1.54) is 18.2 Å². The molecule has 0 aliphatic rings. The van der Waals surface area contributed by atoms with Gasteiger partial charge in [0.25, 0.3) is 0 Å². The number of nitrogens with zero attached hydrogens (tertiary/aromatic N) is 1. The first-order chi connectivity index (χ1) is 13.6. The number of hydrogen-bond donors (Lipinski definition) is 2. The summed E-state index contributed by atoms with van der Waals surface area (Å²) < 4.78 is 0. The van der Waals surface area contributed by atoms with Gasteiger partial charge in [-0.2, -0.15) is 5.26 Å². The third-order valence-electron chi connectivity index (χ3n) is 4.10. The second-order valence-electron chi connectivity index (χ2n) is 5.98. The van der Waals surface area contributed by atoms with E-state index in [0.29, 0.717) is 5.02 Å². The third kappa shape index (κ3) is 4.56. The molecule has 0 unspecified atom stereocenters. The van der Waals surface area contributed by atoms with Crippen LogP contribution < -0.4 is 10.6 Å². The predicted molar refractivity (Wildman–Crippen MR) is 108 cm³/mol. The van der Waals surface area contributed by atoms with Crippen LogP contribution in [-0.4, -0.2) is 11.8 Å². The molecule has 2 N–H and O–H groups in total. The van der Waals surface area contributed by atoms with Crippen LogP contribution in [0.1, 0.15) is 22.7 Å². The zero-order valence-electron chi connectivity index (χ0n) is 14.7. The van der Waals surface area contributed by atoms with Crippen molar-refractivity contribution in [2.45, 2.75) is 6.04 Å². The minimum atomic E-state index is -0.879. The number of nitriles is 1. The van der Waals surface area contributed by atoms with Gasteiger partial charge < -0.3 is 10.6 Å². The van der Waals surface area contributed by atoms with Gasteiger partial charge in [0.15, 0.2) is 0 Å². The maximum Gasteiger partial charge on any atom is 0.313 e. The molecule has 28 heavy (non-hydrogen) atoms. The first-order valence-corrected chi connectivity index (χ1v) is 8.87. The van der Waals surface area contributed by atoms with Crippen LogP contribution in [0.3, 0.4) is 0 Å². The maximum absolute atomic E-state index is 12.5. The number of benzene rings is 3. The van der Waals surface area contributed by atoms with Gasteiger partial charge in [-0.3, -0.25) is 9.59 Å². The van der Waals surface area contributed by atoms with Gasteiger partial charge in [0.05, 0.1) is 17.3 Å². The summed E-state index contributed by atoms with van der Waals surface area (Å²) in [5.41, 5.74) is 2.09. The first-order valence-electron chi connectivity index (χ1n) is 8.50. The van der Waals surface area contributed by atoms with Crippen LogP contribution in [0.4, 0.5) is 5.69 Å². The molecule has 2 amide bonds. The van der Waals surface area contributed by atoms with Crippen molar-refractivity contribution in [2.24, 2.45) is 0 Å². The van der Waals surface area contributed by atoms with Gasteiger partial charge in [0.1, 0.15) is 6.07 Å². The Bertz CT molecular complexity index is 991. The number of amides is 2. The normalized spacial score (nSPS) is 10.2. The highest BCUT2D eigenvalue weighted by Crippen LogP contribution is 2.23. The van der Waals surface area contributed by atoms with E-state index < -0.39 is 17.9 Å². The van der Waals surface area contributed by atoms with E-state index in [0.717, 1.165) is 11.1 Å². The summed E-state index contributed by atoms with van der Waals surface area (Å²) in [6, 6.07) is 24.6. The monoisotopic (exact) mass is 389 g/mol. The second kappa shape index (κ2) is 8.85. The van der Waals surface area contributed by atoms with Crippen molar-refractivity contribution in [3.8, 4) is 6.07 Å². The molecule has 0 aromatic heterocycles. The molecule has 3 aromatic rings. The van der Waals surface area contributed by atoms with E-state index in [1.807, 2.05) is 66.7 Å². The highest BCUT2D eigenvalue weighted by molar-refractivity contribution is 6.40. The number of anilines is 1. The maximum atomic E-state index is 12.5. The van der Waals surface area contributed by atoms with E-state index in [9.17, 15) is 9.59 Å². The van der Waals surface area contributed by atoms with Crippen molar-refractivity contribution in [1.82, 2.24) is 5.32 Å². The molecule has 0 heterocycles. The van der Waals surface area contributed by atoms with Gasteiger partial charge >= 0.3 is 11.8 Å². The summed E-state index contributed by atoms with van der Waals surface area (Å²) in [7, 11) is 0. The van der Waals surface area contributed by atoms with Crippen molar-refractivity contribution in [3.63, 3.8) is 0 Å². The van der Waals surface area contributed by atoms with Gasteiger partial charge in [0, 0.05) is 5.02 Å². The molecule has 0 aliphatic heterocycles. The first kappa shape index (κ1) is 19.2. The summed E-state index contributed by atoms with van der Waals surface area (Å²) in [5, 5.41) is 14.7. The zero-order valence-corrected chi connectivity index (χ0v) is 15.5. The fourth-order valence-electron chi connectivity index (χ4n) is 2.74. The molecular formula is C22H16ClN3O2. The van der Waals surface area contributed by atoms with Gasteiger partial charge in [-0.1, -0.05) is 72.3 Å². The number of carbonyl (C=O) groups is 2. The van der Waals surface area contributed by atoms with E-state index in [1.54, 1.807) is 0 Å². The van der Waals surface area contributed by atoms with Crippen LogP contribution in [0.15, 0.2) is 78.9 Å². The molecule has 6 heteroatoms. The van der Waals surface area contributed by atoms with E-state index >= 15 is 0 Å². The fourth-order valence-corrected chi connectivity index (χ4v) is 2.92. The molecule has 138 valence electrons. The van der Waals surface area contributed by atoms with Gasteiger partial charge in [-0.05, 0) is 29.3 Å². The summed E-state index contributed by atoms with van der Waals surface area (Å²) in [4.78, 5) is 25.0. The molecule has 0 saturated carbocycles. The smallest absolute Gasteiger partial charge is 0.313 e. The lowest BCUT2D eigenvalue weighted by atomic mass is 9.98. The Balaban J connectivity index is 1.82. The van der Waals surface area contributed by atoms with Gasteiger partial charge in [0.2, 0.25) is 0 Å². The Hall–Kier alpha value is -3.62. The fraction of sp³-hybridized carbons (Fsp3) is 0.0455.